The Labute approximate surface area is 163 Å². The van der Waals surface area contributed by atoms with Gasteiger partial charge in [-0.2, -0.15) is 0 Å². The summed E-state index contributed by atoms with van der Waals surface area (Å²) >= 11 is 0. The average molecular weight is 397 g/mol. The predicted octanol–water partition coefficient (Wildman–Crippen LogP) is 2.56. The molecule has 7 nitrogen and oxygen atoms in total. The van der Waals surface area contributed by atoms with Crippen LogP contribution in [-0.4, -0.2) is 33.6 Å². The Morgan fingerprint density at radius 3 is 1.46 bits per heavy atom. The molecule has 0 aromatic carbocycles. The summed E-state index contributed by atoms with van der Waals surface area (Å²) in [7, 11) is -3.50. The first kappa shape index (κ1) is 18.0. The van der Waals surface area contributed by atoms with E-state index in [1.165, 1.54) is 0 Å². The molecule has 0 N–H and O–H groups in total. The predicted molar refractivity (Wildman–Crippen MR) is 102 cm³/mol. The Kier molecular flexibility index (Phi) is 5.48. The lowest BCUT2D eigenvalue weighted by molar-refractivity contribution is 0.157. The first-order valence-electron chi connectivity index (χ1n) is 8.77. The molecule has 3 aliphatic heterocycles. The molecule has 1 aromatic rings. The zero-order valence-corrected chi connectivity index (χ0v) is 16.0. The molecule has 28 heavy (non-hydrogen) atoms. The number of nitrogens with zero attached hydrogens (tertiary/aromatic N) is 1. The second-order valence-electron chi connectivity index (χ2n) is 5.83. The highest BCUT2D eigenvalue weighted by atomic mass is 28.4. The number of aromatic nitrogens is 1. The number of hydrogen-bond acceptors (Lipinski definition) is 7. The van der Waals surface area contributed by atoms with Crippen molar-refractivity contribution >= 4 is 14.0 Å². The summed E-state index contributed by atoms with van der Waals surface area (Å²) in [5.41, 5.74) is 0. The van der Waals surface area contributed by atoms with Gasteiger partial charge in [0.05, 0.1) is 24.0 Å². The number of ether oxygens (including phenoxy) is 3. The normalized spacial score (nSPS) is 17.9. The first-order chi connectivity index (χ1) is 13.8. The molecule has 0 bridgehead atoms. The van der Waals surface area contributed by atoms with E-state index in [9.17, 15) is 0 Å². The van der Waals surface area contributed by atoms with Crippen molar-refractivity contribution in [2.45, 2.75) is 0 Å². The van der Waals surface area contributed by atoms with Crippen LogP contribution >= 0.6 is 0 Å². The number of rotatable bonds is 7. The van der Waals surface area contributed by atoms with Crippen LogP contribution in [0.25, 0.3) is 0 Å². The first-order valence-corrected chi connectivity index (χ1v) is 10.5. The highest BCUT2D eigenvalue weighted by molar-refractivity contribution is 6.76. The van der Waals surface area contributed by atoms with Gasteiger partial charge in [-0.15, -0.1) is 0 Å². The third-order valence-electron chi connectivity index (χ3n) is 3.92. The molecular formula is C20H19NO6Si. The molecule has 0 spiro atoms. The summed E-state index contributed by atoms with van der Waals surface area (Å²) in [6, 6.07) is 3.67. The third-order valence-corrected chi connectivity index (χ3v) is 6.47. The van der Waals surface area contributed by atoms with E-state index in [4.69, 9.17) is 27.5 Å². The monoisotopic (exact) mass is 397 g/mol. The van der Waals surface area contributed by atoms with Gasteiger partial charge in [-0.25, -0.2) is 0 Å². The van der Waals surface area contributed by atoms with E-state index in [1.54, 1.807) is 49.4 Å². The second kappa shape index (κ2) is 8.53. The summed E-state index contributed by atoms with van der Waals surface area (Å²) in [6.07, 6.45) is 18.8. The molecular weight excluding hydrogens is 378 g/mol. The molecule has 0 saturated heterocycles. The van der Waals surface area contributed by atoms with E-state index >= 15 is 0 Å². The van der Waals surface area contributed by atoms with E-state index in [0.717, 1.165) is 5.19 Å². The topological polar surface area (TPSA) is 68.3 Å². The van der Waals surface area contributed by atoms with Crippen LogP contribution in [0.5, 0.6) is 0 Å². The van der Waals surface area contributed by atoms with E-state index in [1.807, 2.05) is 30.4 Å². The number of hydrogen-bond donors (Lipinski definition) is 0. The lowest BCUT2D eigenvalue weighted by Crippen LogP contribution is -2.56. The molecule has 0 radical (unpaired) electrons. The summed E-state index contributed by atoms with van der Waals surface area (Å²) in [5.74, 6) is 1.84. The quantitative estimate of drug-likeness (QED) is 0.655. The summed E-state index contributed by atoms with van der Waals surface area (Å²) < 4.78 is 34.9. The zero-order chi connectivity index (χ0) is 19.1. The van der Waals surface area contributed by atoms with Crippen molar-refractivity contribution in [3.8, 4) is 0 Å². The van der Waals surface area contributed by atoms with Crippen LogP contribution in [-0.2, 0) is 27.5 Å². The van der Waals surface area contributed by atoms with Gasteiger partial charge >= 0.3 is 8.80 Å². The fourth-order valence-electron chi connectivity index (χ4n) is 2.59. The Morgan fingerprint density at radius 2 is 1.11 bits per heavy atom. The molecule has 4 heterocycles. The van der Waals surface area contributed by atoms with E-state index in [2.05, 4.69) is 4.98 Å². The molecule has 144 valence electrons. The lowest BCUT2D eigenvalue weighted by atomic mass is 10.4. The Balaban J connectivity index is 1.74. The molecule has 0 atom stereocenters. The van der Waals surface area contributed by atoms with E-state index < -0.39 is 8.80 Å². The molecule has 1 aromatic heterocycles. The van der Waals surface area contributed by atoms with Crippen LogP contribution in [0.15, 0.2) is 97.0 Å². The maximum absolute atomic E-state index is 6.40. The number of pyridine rings is 1. The van der Waals surface area contributed by atoms with Gasteiger partial charge in [0.2, 0.25) is 0 Å². The minimum Gasteiger partial charge on any atom is -0.497 e. The Hall–Kier alpha value is -3.39. The van der Waals surface area contributed by atoms with Crippen molar-refractivity contribution in [2.75, 3.05) is 19.8 Å². The molecule has 3 aliphatic rings. The van der Waals surface area contributed by atoms with Crippen LogP contribution in [0.4, 0.5) is 0 Å². The highest BCUT2D eigenvalue weighted by Gasteiger charge is 2.53. The molecule has 0 amide bonds. The maximum Gasteiger partial charge on any atom is 0.737 e. The minimum absolute atomic E-state index is 0.416. The van der Waals surface area contributed by atoms with Crippen LogP contribution in [0.1, 0.15) is 0 Å². The fraction of sp³-hybridized carbons (Fsp3) is 0.150. The van der Waals surface area contributed by atoms with Crippen LogP contribution in [0.3, 0.4) is 0 Å². The van der Waals surface area contributed by atoms with Gasteiger partial charge in [0.1, 0.15) is 37.1 Å². The molecule has 4 rings (SSSR count). The zero-order valence-electron chi connectivity index (χ0n) is 15.0. The van der Waals surface area contributed by atoms with E-state index in [0.29, 0.717) is 37.1 Å². The molecule has 0 unspecified atom stereocenters. The van der Waals surface area contributed by atoms with Gasteiger partial charge in [0.25, 0.3) is 0 Å². The van der Waals surface area contributed by atoms with Gasteiger partial charge < -0.3 is 27.5 Å². The summed E-state index contributed by atoms with van der Waals surface area (Å²) in [6.45, 7) is 1.25. The Bertz CT molecular complexity index is 788. The highest BCUT2D eigenvalue weighted by Crippen LogP contribution is 2.25. The van der Waals surface area contributed by atoms with Crippen LogP contribution in [0.2, 0.25) is 0 Å². The van der Waals surface area contributed by atoms with Gasteiger partial charge in [-0.3, -0.25) is 4.98 Å². The second-order valence-corrected chi connectivity index (χ2v) is 8.13. The van der Waals surface area contributed by atoms with Crippen LogP contribution < -0.4 is 5.19 Å². The smallest absolute Gasteiger partial charge is 0.497 e. The third kappa shape index (κ3) is 4.29. The molecule has 0 aliphatic carbocycles. The summed E-state index contributed by atoms with van der Waals surface area (Å²) in [4.78, 5) is 4.11. The van der Waals surface area contributed by atoms with Gasteiger partial charge in [-0.05, 0) is 30.4 Å². The van der Waals surface area contributed by atoms with Crippen molar-refractivity contribution in [1.29, 1.82) is 0 Å². The maximum atomic E-state index is 6.40. The molecule has 0 saturated carbocycles. The fourth-order valence-corrected chi connectivity index (χ4v) is 5.02. The Morgan fingerprint density at radius 1 is 0.679 bits per heavy atom. The largest absolute Gasteiger partial charge is 0.737 e. The van der Waals surface area contributed by atoms with E-state index in [-0.39, 0.29) is 0 Å². The lowest BCUT2D eigenvalue weighted by Gasteiger charge is -2.32. The van der Waals surface area contributed by atoms with Crippen molar-refractivity contribution in [1.82, 2.24) is 4.98 Å². The SMILES string of the molecule is C1=CC(O[Si](OC2=CCOC=C2)(OC2=CCOC=C2)c2ccncc2)=CCO1. The summed E-state index contributed by atoms with van der Waals surface area (Å²) in [5, 5.41) is 0.768. The van der Waals surface area contributed by atoms with Crippen molar-refractivity contribution in [3.05, 3.63) is 97.0 Å². The molecule has 8 heteroatoms. The van der Waals surface area contributed by atoms with Crippen molar-refractivity contribution in [3.63, 3.8) is 0 Å². The number of allylic oxidation sites excluding steroid dienone is 3. The van der Waals surface area contributed by atoms with Crippen molar-refractivity contribution in [2.24, 2.45) is 0 Å². The van der Waals surface area contributed by atoms with Gasteiger partial charge in [0, 0.05) is 30.6 Å². The van der Waals surface area contributed by atoms with Gasteiger partial charge in [-0.1, -0.05) is 0 Å². The standard InChI is InChI=1S/C20H19NO6Si/c1-9-21-10-2-20(1)28(25-17-3-11-22-12-4-17,26-18-5-13-23-14-6-18)27-19-7-15-24-16-8-19/h1-11,13,15H,12,14,16H2. The minimum atomic E-state index is -3.50. The average Bonchev–Trinajstić information content (AvgIpc) is 2.76. The van der Waals surface area contributed by atoms with Crippen LogP contribution in [0, 0.1) is 0 Å². The molecule has 0 fully saturated rings. The van der Waals surface area contributed by atoms with Crippen molar-refractivity contribution < 1.29 is 27.5 Å². The van der Waals surface area contributed by atoms with Gasteiger partial charge in [0.15, 0.2) is 0 Å².